The summed E-state index contributed by atoms with van der Waals surface area (Å²) in [7, 11) is -3.72. The summed E-state index contributed by atoms with van der Waals surface area (Å²) in [5.41, 5.74) is 0. The van der Waals surface area contributed by atoms with Gasteiger partial charge in [0.15, 0.2) is 0 Å². The average Bonchev–Trinajstić information content (AvgIpc) is 2.62. The predicted molar refractivity (Wildman–Crippen MR) is 96.9 cm³/mol. The molecule has 0 spiro atoms. The van der Waals surface area contributed by atoms with Crippen molar-refractivity contribution < 1.29 is 18.3 Å². The molecule has 0 amide bonds. The molecule has 2 aromatic rings. The van der Waals surface area contributed by atoms with Gasteiger partial charge >= 0.3 is 5.97 Å². The molecule has 0 aromatic heterocycles. The van der Waals surface area contributed by atoms with Crippen molar-refractivity contribution in [2.75, 3.05) is 6.54 Å². The van der Waals surface area contributed by atoms with Crippen LogP contribution in [0.1, 0.15) is 32.6 Å². The number of piperidine rings is 1. The van der Waals surface area contributed by atoms with Gasteiger partial charge in [0, 0.05) is 12.6 Å². The van der Waals surface area contributed by atoms with Crippen LogP contribution in [0.25, 0.3) is 10.8 Å². The summed E-state index contributed by atoms with van der Waals surface area (Å²) in [6.07, 6.45) is 2.64. The molecule has 1 N–H and O–H groups in total. The lowest BCUT2D eigenvalue weighted by Gasteiger charge is -2.37. The minimum Gasteiger partial charge on any atom is -0.481 e. The van der Waals surface area contributed by atoms with Gasteiger partial charge in [0.2, 0.25) is 10.0 Å². The van der Waals surface area contributed by atoms with Crippen molar-refractivity contribution in [3.63, 3.8) is 0 Å². The molecule has 2 atom stereocenters. The number of aliphatic carboxylic acids is 1. The Labute approximate surface area is 148 Å². The van der Waals surface area contributed by atoms with E-state index < -0.39 is 28.0 Å². The number of sulfonamides is 1. The van der Waals surface area contributed by atoms with Gasteiger partial charge in [-0.25, -0.2) is 8.42 Å². The van der Waals surface area contributed by atoms with Gasteiger partial charge in [0.05, 0.1) is 10.8 Å². The van der Waals surface area contributed by atoms with E-state index in [0.717, 1.165) is 23.6 Å². The zero-order chi connectivity index (χ0) is 18.0. The van der Waals surface area contributed by atoms with Gasteiger partial charge in [-0.15, -0.1) is 0 Å². The number of benzene rings is 2. The molecule has 6 heteroatoms. The summed E-state index contributed by atoms with van der Waals surface area (Å²) in [4.78, 5) is 11.8. The summed E-state index contributed by atoms with van der Waals surface area (Å²) in [5.74, 6) is -1.59. The van der Waals surface area contributed by atoms with Gasteiger partial charge in [-0.3, -0.25) is 4.79 Å². The Balaban J connectivity index is 2.01. The van der Waals surface area contributed by atoms with Gasteiger partial charge in [-0.1, -0.05) is 43.7 Å². The maximum atomic E-state index is 13.2. The first-order valence-corrected chi connectivity index (χ1v) is 10.1. The Hall–Kier alpha value is -1.92. The van der Waals surface area contributed by atoms with Gasteiger partial charge in [0.25, 0.3) is 0 Å². The Kier molecular flexibility index (Phi) is 5.11. The molecule has 2 aromatic carbocycles. The third-order valence-electron chi connectivity index (χ3n) is 5.05. The molecule has 0 aliphatic carbocycles. The fourth-order valence-electron chi connectivity index (χ4n) is 3.71. The van der Waals surface area contributed by atoms with Crippen molar-refractivity contribution >= 4 is 26.8 Å². The van der Waals surface area contributed by atoms with Crippen LogP contribution in [-0.2, 0) is 14.8 Å². The lowest BCUT2D eigenvalue weighted by molar-refractivity contribution is -0.144. The van der Waals surface area contributed by atoms with E-state index >= 15 is 0 Å². The first kappa shape index (κ1) is 17.9. The minimum absolute atomic E-state index is 0.235. The van der Waals surface area contributed by atoms with Crippen LogP contribution >= 0.6 is 0 Å². The lowest BCUT2D eigenvalue weighted by Crippen LogP contribution is -2.49. The second kappa shape index (κ2) is 7.14. The van der Waals surface area contributed by atoms with E-state index in [1.54, 1.807) is 25.1 Å². The van der Waals surface area contributed by atoms with Crippen molar-refractivity contribution in [3.05, 3.63) is 42.5 Å². The third-order valence-corrected chi connectivity index (χ3v) is 6.97. The minimum atomic E-state index is -3.72. The molecule has 25 heavy (non-hydrogen) atoms. The van der Waals surface area contributed by atoms with Gasteiger partial charge < -0.3 is 5.11 Å². The molecule has 1 aliphatic rings. The second-order valence-corrected chi connectivity index (χ2v) is 8.43. The molecule has 5 nitrogen and oxygen atoms in total. The number of hydrogen-bond acceptors (Lipinski definition) is 3. The van der Waals surface area contributed by atoms with E-state index in [4.69, 9.17) is 0 Å². The highest BCUT2D eigenvalue weighted by Crippen LogP contribution is 2.32. The third kappa shape index (κ3) is 3.41. The van der Waals surface area contributed by atoms with Crippen LogP contribution in [0.15, 0.2) is 47.4 Å². The quantitative estimate of drug-likeness (QED) is 0.884. The standard InChI is InChI=1S/C19H23NO4S/c1-2-17(19(21)22)18-9-5-6-12-20(18)25(23,24)16-11-10-14-7-3-4-8-15(14)13-16/h3-4,7-8,10-11,13,17-18H,2,5-6,9,12H2,1H3,(H,21,22). The van der Waals surface area contributed by atoms with Crippen LogP contribution in [0, 0.1) is 5.92 Å². The highest BCUT2D eigenvalue weighted by molar-refractivity contribution is 7.89. The summed E-state index contributed by atoms with van der Waals surface area (Å²) in [6, 6.07) is 12.2. The first-order chi connectivity index (χ1) is 11.9. The smallest absolute Gasteiger partial charge is 0.308 e. The summed E-state index contributed by atoms with van der Waals surface area (Å²) >= 11 is 0. The van der Waals surface area contributed by atoms with Crippen molar-refractivity contribution in [2.24, 2.45) is 5.92 Å². The van der Waals surface area contributed by atoms with E-state index in [2.05, 4.69) is 0 Å². The molecule has 0 radical (unpaired) electrons. The molecule has 134 valence electrons. The van der Waals surface area contributed by atoms with Gasteiger partial charge in [-0.05, 0) is 42.2 Å². The Morgan fingerprint density at radius 3 is 2.60 bits per heavy atom. The topological polar surface area (TPSA) is 74.7 Å². The average molecular weight is 361 g/mol. The van der Waals surface area contributed by atoms with Crippen LogP contribution in [0.5, 0.6) is 0 Å². The van der Waals surface area contributed by atoms with Crippen molar-refractivity contribution in [1.82, 2.24) is 4.31 Å². The number of hydrogen-bond donors (Lipinski definition) is 1. The highest BCUT2D eigenvalue weighted by Gasteiger charge is 2.40. The SMILES string of the molecule is CCC(C(=O)O)C1CCCCN1S(=O)(=O)c1ccc2ccccc2c1. The molecule has 1 aliphatic heterocycles. The molecule has 0 saturated carbocycles. The van der Waals surface area contributed by atoms with E-state index in [9.17, 15) is 18.3 Å². The maximum absolute atomic E-state index is 13.2. The molecular weight excluding hydrogens is 338 g/mol. The number of rotatable bonds is 5. The molecular formula is C19H23NO4S. The largest absolute Gasteiger partial charge is 0.481 e. The molecule has 1 fully saturated rings. The summed E-state index contributed by atoms with van der Waals surface area (Å²) in [6.45, 7) is 2.18. The zero-order valence-electron chi connectivity index (χ0n) is 14.3. The maximum Gasteiger partial charge on any atom is 0.308 e. The lowest BCUT2D eigenvalue weighted by atomic mass is 9.90. The monoisotopic (exact) mass is 361 g/mol. The van der Waals surface area contributed by atoms with Crippen molar-refractivity contribution in [1.29, 1.82) is 0 Å². The fraction of sp³-hybridized carbons (Fsp3) is 0.421. The molecule has 2 unspecified atom stereocenters. The van der Waals surface area contributed by atoms with Crippen LogP contribution in [-0.4, -0.2) is 36.4 Å². The highest BCUT2D eigenvalue weighted by atomic mass is 32.2. The zero-order valence-corrected chi connectivity index (χ0v) is 15.1. The van der Waals surface area contributed by atoms with Gasteiger partial charge in [0.1, 0.15) is 0 Å². The first-order valence-electron chi connectivity index (χ1n) is 8.68. The molecule has 0 bridgehead atoms. The Bertz CT molecular complexity index is 878. The van der Waals surface area contributed by atoms with Crippen molar-refractivity contribution in [3.8, 4) is 0 Å². The fourth-order valence-corrected chi connectivity index (χ4v) is 5.47. The van der Waals surface area contributed by atoms with E-state index in [1.807, 2.05) is 24.3 Å². The van der Waals surface area contributed by atoms with E-state index in [1.165, 1.54) is 4.31 Å². The normalized spacial score (nSPS) is 20.4. The number of carboxylic acids is 1. The molecule has 1 saturated heterocycles. The van der Waals surface area contributed by atoms with Crippen LogP contribution in [0.4, 0.5) is 0 Å². The Morgan fingerprint density at radius 2 is 1.92 bits per heavy atom. The van der Waals surface area contributed by atoms with Crippen LogP contribution in [0.3, 0.4) is 0 Å². The van der Waals surface area contributed by atoms with Crippen LogP contribution < -0.4 is 0 Å². The van der Waals surface area contributed by atoms with E-state index in [-0.39, 0.29) is 4.90 Å². The number of nitrogens with zero attached hydrogens (tertiary/aromatic N) is 1. The van der Waals surface area contributed by atoms with Crippen molar-refractivity contribution in [2.45, 2.75) is 43.5 Å². The molecule has 3 rings (SSSR count). The number of carboxylic acid groups (broad SMARTS) is 1. The summed E-state index contributed by atoms with van der Waals surface area (Å²) in [5, 5.41) is 11.3. The van der Waals surface area contributed by atoms with E-state index in [0.29, 0.717) is 19.4 Å². The number of fused-ring (bicyclic) bond motifs is 1. The Morgan fingerprint density at radius 1 is 1.20 bits per heavy atom. The molecule has 1 heterocycles. The van der Waals surface area contributed by atoms with Crippen LogP contribution in [0.2, 0.25) is 0 Å². The number of carbonyl (C=O) groups is 1. The predicted octanol–water partition coefficient (Wildman–Crippen LogP) is 3.49. The second-order valence-electron chi connectivity index (χ2n) is 6.54. The van der Waals surface area contributed by atoms with Gasteiger partial charge in [-0.2, -0.15) is 4.31 Å². The summed E-state index contributed by atoms with van der Waals surface area (Å²) < 4.78 is 27.9.